The van der Waals surface area contributed by atoms with Crippen molar-refractivity contribution < 1.29 is 17.5 Å². The molecule has 112 valence electrons. The van der Waals surface area contributed by atoms with Crippen LogP contribution in [-0.2, 0) is 14.8 Å². The highest BCUT2D eigenvalue weighted by atomic mass is 79.9. The molecular formula is C13H17BrFNO3S. The average molecular weight is 366 g/mol. The molecule has 0 aromatic heterocycles. The predicted molar refractivity (Wildman–Crippen MR) is 77.5 cm³/mol. The van der Waals surface area contributed by atoms with Crippen LogP contribution in [0.1, 0.15) is 20.8 Å². The van der Waals surface area contributed by atoms with Crippen molar-refractivity contribution in [1.29, 1.82) is 0 Å². The molecule has 1 saturated heterocycles. The number of rotatable bonds is 2. The second-order valence-electron chi connectivity index (χ2n) is 5.56. The fraction of sp³-hybridized carbons (Fsp3) is 0.538. The molecule has 1 atom stereocenters. The van der Waals surface area contributed by atoms with Crippen molar-refractivity contribution in [3.8, 4) is 0 Å². The Hall–Kier alpha value is -0.500. The first-order chi connectivity index (χ1) is 9.12. The van der Waals surface area contributed by atoms with Gasteiger partial charge in [0, 0.05) is 17.6 Å². The second-order valence-corrected chi connectivity index (χ2v) is 8.32. The Kier molecular flexibility index (Phi) is 4.26. The lowest BCUT2D eigenvalue weighted by Crippen LogP contribution is -2.53. The van der Waals surface area contributed by atoms with Crippen LogP contribution in [0.4, 0.5) is 4.39 Å². The van der Waals surface area contributed by atoms with Crippen LogP contribution in [0.25, 0.3) is 0 Å². The summed E-state index contributed by atoms with van der Waals surface area (Å²) in [6.45, 7) is 6.10. The Morgan fingerprint density at radius 1 is 1.45 bits per heavy atom. The van der Waals surface area contributed by atoms with Gasteiger partial charge in [0.05, 0.1) is 16.6 Å². The molecule has 0 radical (unpaired) electrons. The van der Waals surface area contributed by atoms with Crippen LogP contribution in [0.5, 0.6) is 0 Å². The molecule has 0 N–H and O–H groups in total. The topological polar surface area (TPSA) is 46.6 Å². The minimum atomic E-state index is -3.67. The highest BCUT2D eigenvalue weighted by Gasteiger charge is 2.38. The molecule has 1 aliphatic heterocycles. The number of halogens is 2. The molecule has 1 fully saturated rings. The van der Waals surface area contributed by atoms with Gasteiger partial charge >= 0.3 is 0 Å². The number of ether oxygens (including phenoxy) is 1. The molecule has 1 heterocycles. The largest absolute Gasteiger partial charge is 0.370 e. The third-order valence-corrected chi connectivity index (χ3v) is 5.84. The summed E-state index contributed by atoms with van der Waals surface area (Å²) in [4.78, 5) is 0.0730. The maximum absolute atomic E-state index is 13.1. The Morgan fingerprint density at radius 2 is 2.10 bits per heavy atom. The molecule has 0 saturated carbocycles. The van der Waals surface area contributed by atoms with Gasteiger partial charge in [-0.15, -0.1) is 0 Å². The highest BCUT2D eigenvalue weighted by molar-refractivity contribution is 9.10. The minimum absolute atomic E-state index is 0.0730. The van der Waals surface area contributed by atoms with Gasteiger partial charge in [0.15, 0.2) is 0 Å². The van der Waals surface area contributed by atoms with E-state index in [0.29, 0.717) is 0 Å². The van der Waals surface area contributed by atoms with Crippen LogP contribution >= 0.6 is 15.9 Å². The van der Waals surface area contributed by atoms with E-state index in [4.69, 9.17) is 4.74 Å². The third-order valence-electron chi connectivity index (χ3n) is 3.05. The van der Waals surface area contributed by atoms with Gasteiger partial charge in [-0.25, -0.2) is 12.8 Å². The average Bonchev–Trinajstić information content (AvgIpc) is 2.25. The summed E-state index contributed by atoms with van der Waals surface area (Å²) in [6.07, 6.45) is -0.187. The van der Waals surface area contributed by atoms with E-state index in [1.165, 1.54) is 10.4 Å². The molecule has 0 bridgehead atoms. The highest BCUT2D eigenvalue weighted by Crippen LogP contribution is 2.30. The molecule has 0 spiro atoms. The maximum Gasteiger partial charge on any atom is 0.244 e. The molecule has 1 aromatic carbocycles. The van der Waals surface area contributed by atoms with E-state index in [1.807, 2.05) is 20.8 Å². The zero-order valence-electron chi connectivity index (χ0n) is 11.6. The minimum Gasteiger partial charge on any atom is -0.370 e. The van der Waals surface area contributed by atoms with Gasteiger partial charge in [0.25, 0.3) is 0 Å². The number of hydrogen-bond donors (Lipinski definition) is 0. The quantitative estimate of drug-likeness (QED) is 0.809. The zero-order chi connectivity index (χ0) is 15.1. The van der Waals surface area contributed by atoms with Crippen LogP contribution in [0.15, 0.2) is 27.6 Å². The van der Waals surface area contributed by atoms with E-state index in [9.17, 15) is 12.8 Å². The van der Waals surface area contributed by atoms with E-state index >= 15 is 0 Å². The van der Waals surface area contributed by atoms with Crippen molar-refractivity contribution in [1.82, 2.24) is 4.31 Å². The fourth-order valence-corrected chi connectivity index (χ4v) is 5.08. The summed E-state index contributed by atoms with van der Waals surface area (Å²) < 4.78 is 45.8. The van der Waals surface area contributed by atoms with Gasteiger partial charge in [-0.2, -0.15) is 4.31 Å². The zero-order valence-corrected chi connectivity index (χ0v) is 14.0. The van der Waals surface area contributed by atoms with Crippen molar-refractivity contribution in [3.63, 3.8) is 0 Å². The SMILES string of the molecule is CC1CN(S(=O)(=O)c2ccc(F)cc2Br)CC(C)(C)O1. The van der Waals surface area contributed by atoms with Gasteiger partial charge in [0.1, 0.15) is 5.82 Å². The summed E-state index contributed by atoms with van der Waals surface area (Å²) >= 11 is 3.12. The van der Waals surface area contributed by atoms with Crippen LogP contribution in [0.3, 0.4) is 0 Å². The molecule has 0 aliphatic carbocycles. The van der Waals surface area contributed by atoms with E-state index in [-0.39, 0.29) is 28.6 Å². The van der Waals surface area contributed by atoms with Crippen LogP contribution in [-0.4, -0.2) is 37.5 Å². The van der Waals surface area contributed by atoms with Crippen LogP contribution < -0.4 is 0 Å². The van der Waals surface area contributed by atoms with Gasteiger partial charge in [-0.05, 0) is 54.9 Å². The number of nitrogens with zero attached hydrogens (tertiary/aromatic N) is 1. The summed E-state index contributed by atoms with van der Waals surface area (Å²) in [5.41, 5.74) is -0.544. The lowest BCUT2D eigenvalue weighted by atomic mass is 10.1. The monoisotopic (exact) mass is 365 g/mol. The number of benzene rings is 1. The van der Waals surface area contributed by atoms with Crippen molar-refractivity contribution in [2.24, 2.45) is 0 Å². The van der Waals surface area contributed by atoms with E-state index in [0.717, 1.165) is 12.1 Å². The van der Waals surface area contributed by atoms with Crippen LogP contribution in [0, 0.1) is 5.82 Å². The maximum atomic E-state index is 13.1. The Labute approximate surface area is 127 Å². The smallest absolute Gasteiger partial charge is 0.244 e. The van der Waals surface area contributed by atoms with E-state index < -0.39 is 21.4 Å². The number of hydrogen-bond acceptors (Lipinski definition) is 3. The van der Waals surface area contributed by atoms with Crippen LogP contribution in [0.2, 0.25) is 0 Å². The van der Waals surface area contributed by atoms with Crippen molar-refractivity contribution in [2.45, 2.75) is 37.4 Å². The standard InChI is InChI=1S/C13H17BrFNO3S/c1-9-7-16(8-13(2,3)19-9)20(17,18)12-5-4-10(15)6-11(12)14/h4-6,9H,7-8H2,1-3H3. The van der Waals surface area contributed by atoms with Crippen molar-refractivity contribution in [3.05, 3.63) is 28.5 Å². The molecule has 20 heavy (non-hydrogen) atoms. The molecular weight excluding hydrogens is 349 g/mol. The van der Waals surface area contributed by atoms with E-state index in [1.54, 1.807) is 0 Å². The summed E-state index contributed by atoms with van der Waals surface area (Å²) in [5, 5.41) is 0. The van der Waals surface area contributed by atoms with Gasteiger partial charge in [-0.1, -0.05) is 0 Å². The Bertz CT molecular complexity index is 618. The van der Waals surface area contributed by atoms with E-state index in [2.05, 4.69) is 15.9 Å². The van der Waals surface area contributed by atoms with Crippen molar-refractivity contribution >= 4 is 26.0 Å². The first-order valence-corrected chi connectivity index (χ1v) is 8.48. The summed E-state index contributed by atoms with van der Waals surface area (Å²) in [5.74, 6) is -0.480. The fourth-order valence-electron chi connectivity index (χ4n) is 2.40. The molecule has 7 heteroatoms. The molecule has 2 rings (SSSR count). The lowest BCUT2D eigenvalue weighted by Gasteiger charge is -2.40. The molecule has 1 aliphatic rings. The molecule has 1 aromatic rings. The second kappa shape index (κ2) is 5.36. The predicted octanol–water partition coefficient (Wildman–Crippen LogP) is 2.78. The first kappa shape index (κ1) is 15.9. The third kappa shape index (κ3) is 3.21. The lowest BCUT2D eigenvalue weighted by molar-refractivity contribution is -0.109. The van der Waals surface area contributed by atoms with Gasteiger partial charge < -0.3 is 4.74 Å². The molecule has 0 amide bonds. The Morgan fingerprint density at radius 3 is 2.65 bits per heavy atom. The molecule has 1 unspecified atom stereocenters. The van der Waals surface area contributed by atoms with Crippen molar-refractivity contribution in [2.75, 3.05) is 13.1 Å². The molecule has 4 nitrogen and oxygen atoms in total. The Balaban J connectivity index is 2.39. The summed E-state index contributed by atoms with van der Waals surface area (Å²) in [6, 6.07) is 3.58. The first-order valence-electron chi connectivity index (χ1n) is 6.25. The number of morpholine rings is 1. The van der Waals surface area contributed by atoms with Gasteiger partial charge in [0.2, 0.25) is 10.0 Å². The number of sulfonamides is 1. The summed E-state index contributed by atoms with van der Waals surface area (Å²) in [7, 11) is -3.67. The normalized spacial score (nSPS) is 23.8. The van der Waals surface area contributed by atoms with Gasteiger partial charge in [-0.3, -0.25) is 0 Å².